The zero-order valence-electron chi connectivity index (χ0n) is 10.9. The maximum Gasteiger partial charge on any atom is 0.233 e. The predicted octanol–water partition coefficient (Wildman–Crippen LogP) is 2.15. The summed E-state index contributed by atoms with van der Waals surface area (Å²) in [5.41, 5.74) is 0.609. The molecule has 102 valence electrons. The molecule has 4 nitrogen and oxygen atoms in total. The monoisotopic (exact) mass is 288 g/mol. The van der Waals surface area contributed by atoms with Crippen molar-refractivity contribution < 1.29 is 8.42 Å². The summed E-state index contributed by atoms with van der Waals surface area (Å²) in [5, 5.41) is 3.08. The van der Waals surface area contributed by atoms with Crippen LogP contribution < -0.4 is 10.0 Å². The molecular formula is C12H20N2O2S2. The lowest BCUT2D eigenvalue weighted by atomic mass is 10.3. The average molecular weight is 288 g/mol. The minimum absolute atomic E-state index is 0.0788. The summed E-state index contributed by atoms with van der Waals surface area (Å²) in [5.74, 6) is 0.0788. The van der Waals surface area contributed by atoms with E-state index in [0.29, 0.717) is 18.3 Å². The van der Waals surface area contributed by atoms with E-state index in [1.54, 1.807) is 23.9 Å². The zero-order chi connectivity index (χ0) is 13.6. The lowest BCUT2D eigenvalue weighted by Gasteiger charge is -2.10. The van der Waals surface area contributed by atoms with Crippen LogP contribution >= 0.6 is 11.8 Å². The second kappa shape index (κ2) is 7.01. The van der Waals surface area contributed by atoms with Gasteiger partial charge in [0.05, 0.1) is 5.75 Å². The van der Waals surface area contributed by atoms with Crippen molar-refractivity contribution in [2.45, 2.75) is 24.8 Å². The van der Waals surface area contributed by atoms with Crippen LogP contribution in [-0.4, -0.2) is 33.0 Å². The van der Waals surface area contributed by atoms with Crippen molar-refractivity contribution in [3.63, 3.8) is 0 Å². The molecule has 1 aromatic carbocycles. The second-order valence-electron chi connectivity index (χ2n) is 4.26. The van der Waals surface area contributed by atoms with Crippen LogP contribution in [0.25, 0.3) is 0 Å². The van der Waals surface area contributed by atoms with Gasteiger partial charge in [0.15, 0.2) is 0 Å². The molecule has 0 radical (unpaired) electrons. The molecule has 0 atom stereocenters. The smallest absolute Gasteiger partial charge is 0.233 e. The van der Waals surface area contributed by atoms with Gasteiger partial charge in [-0.15, -0.1) is 11.8 Å². The maximum absolute atomic E-state index is 11.8. The Hall–Kier alpha value is -0.720. The fourth-order valence-corrected chi connectivity index (χ4v) is 2.76. The third kappa shape index (κ3) is 5.75. The number of nitrogens with one attached hydrogen (secondary N) is 2. The number of sulfonamides is 1. The van der Waals surface area contributed by atoms with Gasteiger partial charge in [-0.2, -0.15) is 0 Å². The Morgan fingerprint density at radius 2 is 1.83 bits per heavy atom. The number of hydrogen-bond donors (Lipinski definition) is 2. The highest BCUT2D eigenvalue weighted by atomic mass is 32.2. The average Bonchev–Trinajstić information content (AvgIpc) is 2.28. The highest BCUT2D eigenvalue weighted by molar-refractivity contribution is 7.98. The first kappa shape index (κ1) is 15.3. The van der Waals surface area contributed by atoms with Crippen molar-refractivity contribution in [3.8, 4) is 0 Å². The topological polar surface area (TPSA) is 58.2 Å². The minimum atomic E-state index is -3.27. The van der Waals surface area contributed by atoms with Gasteiger partial charge in [0.1, 0.15) is 0 Å². The molecule has 6 heteroatoms. The van der Waals surface area contributed by atoms with E-state index in [9.17, 15) is 8.42 Å². The largest absolute Gasteiger partial charge is 0.313 e. The van der Waals surface area contributed by atoms with Gasteiger partial charge in [-0.25, -0.2) is 8.42 Å². The molecule has 0 aliphatic carbocycles. The predicted molar refractivity (Wildman–Crippen MR) is 78.8 cm³/mol. The van der Waals surface area contributed by atoms with Gasteiger partial charge in [-0.1, -0.05) is 13.8 Å². The lowest BCUT2D eigenvalue weighted by Crippen LogP contribution is -2.30. The van der Waals surface area contributed by atoms with Crippen LogP contribution in [0, 0.1) is 0 Å². The summed E-state index contributed by atoms with van der Waals surface area (Å²) < 4.78 is 26.1. The first-order valence-corrected chi connectivity index (χ1v) is 8.68. The Balaban J connectivity index is 2.53. The van der Waals surface area contributed by atoms with E-state index in [4.69, 9.17) is 0 Å². The Bertz CT molecular complexity index is 455. The Morgan fingerprint density at radius 3 is 2.33 bits per heavy atom. The number of benzene rings is 1. The molecule has 0 aromatic heterocycles. The Labute approximate surface area is 114 Å². The van der Waals surface area contributed by atoms with Gasteiger partial charge in [0.25, 0.3) is 0 Å². The fraction of sp³-hybridized carbons (Fsp3) is 0.500. The van der Waals surface area contributed by atoms with E-state index in [1.807, 2.05) is 32.2 Å². The van der Waals surface area contributed by atoms with Crippen LogP contribution in [0.1, 0.15) is 13.8 Å². The molecule has 0 fully saturated rings. The number of hydrogen-bond acceptors (Lipinski definition) is 4. The highest BCUT2D eigenvalue weighted by Gasteiger charge is 2.10. The van der Waals surface area contributed by atoms with Crippen LogP contribution in [0.15, 0.2) is 29.2 Å². The lowest BCUT2D eigenvalue weighted by molar-refractivity contribution is 0.582. The van der Waals surface area contributed by atoms with Crippen LogP contribution in [0.5, 0.6) is 0 Å². The summed E-state index contributed by atoms with van der Waals surface area (Å²) in [6, 6.07) is 7.64. The van der Waals surface area contributed by atoms with Crippen molar-refractivity contribution in [2.75, 3.05) is 23.3 Å². The SMILES string of the molecule is CSc1ccc(NS(=O)(=O)CCNC(C)C)cc1. The van der Waals surface area contributed by atoms with Gasteiger partial charge in [0.2, 0.25) is 10.0 Å². The summed E-state index contributed by atoms with van der Waals surface area (Å²) >= 11 is 1.63. The normalized spacial score (nSPS) is 11.8. The van der Waals surface area contributed by atoms with Gasteiger partial charge < -0.3 is 5.32 Å². The van der Waals surface area contributed by atoms with Crippen LogP contribution in [-0.2, 0) is 10.0 Å². The van der Waals surface area contributed by atoms with Gasteiger partial charge in [-0.3, -0.25) is 4.72 Å². The highest BCUT2D eigenvalue weighted by Crippen LogP contribution is 2.18. The first-order chi connectivity index (χ1) is 8.43. The number of thioether (sulfide) groups is 1. The molecule has 0 unspecified atom stereocenters. The maximum atomic E-state index is 11.8. The van der Waals surface area contributed by atoms with Gasteiger partial charge in [-0.05, 0) is 30.5 Å². The summed E-state index contributed by atoms with van der Waals surface area (Å²) in [7, 11) is -3.27. The molecule has 0 saturated heterocycles. The second-order valence-corrected chi connectivity index (χ2v) is 6.98. The molecule has 2 N–H and O–H groups in total. The van der Waals surface area contributed by atoms with Gasteiger partial charge in [0, 0.05) is 23.2 Å². The van der Waals surface area contributed by atoms with Gasteiger partial charge >= 0.3 is 0 Å². The quantitative estimate of drug-likeness (QED) is 0.755. The van der Waals surface area contributed by atoms with Crippen molar-refractivity contribution >= 4 is 27.5 Å². The van der Waals surface area contributed by atoms with E-state index in [2.05, 4.69) is 10.0 Å². The standard InChI is InChI=1S/C12H20N2O2S2/c1-10(2)13-8-9-18(15,16)14-11-4-6-12(17-3)7-5-11/h4-7,10,13-14H,8-9H2,1-3H3. The molecule has 0 heterocycles. The third-order valence-electron chi connectivity index (χ3n) is 2.29. The molecule has 0 aliphatic rings. The van der Waals surface area contributed by atoms with Crippen molar-refractivity contribution in [3.05, 3.63) is 24.3 Å². The Kier molecular flexibility index (Phi) is 5.98. The first-order valence-electron chi connectivity index (χ1n) is 5.81. The third-order valence-corrected chi connectivity index (χ3v) is 4.32. The summed E-state index contributed by atoms with van der Waals surface area (Å²) in [6.07, 6.45) is 1.98. The molecule has 0 amide bonds. The molecule has 1 aromatic rings. The van der Waals surface area contributed by atoms with Crippen LogP contribution in [0.2, 0.25) is 0 Å². The van der Waals surface area contributed by atoms with Crippen LogP contribution in [0.3, 0.4) is 0 Å². The molecule has 18 heavy (non-hydrogen) atoms. The molecule has 0 aliphatic heterocycles. The van der Waals surface area contributed by atoms with Crippen LogP contribution in [0.4, 0.5) is 5.69 Å². The molecule has 0 spiro atoms. The van der Waals surface area contributed by atoms with E-state index >= 15 is 0 Å². The molecular weight excluding hydrogens is 268 g/mol. The Morgan fingerprint density at radius 1 is 1.22 bits per heavy atom. The van der Waals surface area contributed by atoms with Crippen molar-refractivity contribution in [1.82, 2.24) is 5.32 Å². The van der Waals surface area contributed by atoms with E-state index in [0.717, 1.165) is 4.90 Å². The van der Waals surface area contributed by atoms with E-state index in [1.165, 1.54) is 0 Å². The van der Waals surface area contributed by atoms with Crippen molar-refractivity contribution in [2.24, 2.45) is 0 Å². The number of anilines is 1. The molecule has 0 bridgehead atoms. The van der Waals surface area contributed by atoms with E-state index in [-0.39, 0.29) is 5.75 Å². The zero-order valence-corrected chi connectivity index (χ0v) is 12.6. The minimum Gasteiger partial charge on any atom is -0.313 e. The molecule has 1 rings (SSSR count). The number of rotatable bonds is 7. The fourth-order valence-electron chi connectivity index (χ4n) is 1.37. The molecule has 0 saturated carbocycles. The summed E-state index contributed by atoms with van der Waals surface area (Å²) in [6.45, 7) is 4.43. The van der Waals surface area contributed by atoms with Crippen molar-refractivity contribution in [1.29, 1.82) is 0 Å². The van der Waals surface area contributed by atoms with E-state index < -0.39 is 10.0 Å². The summed E-state index contributed by atoms with van der Waals surface area (Å²) in [4.78, 5) is 1.11.